The van der Waals surface area contributed by atoms with Gasteiger partial charge in [0, 0.05) is 11.8 Å². The van der Waals surface area contributed by atoms with Crippen LogP contribution >= 0.6 is 11.3 Å². The summed E-state index contributed by atoms with van der Waals surface area (Å²) in [6.45, 7) is 4.16. The molecule has 0 aliphatic heterocycles. The topological polar surface area (TPSA) is 92.2 Å². The van der Waals surface area contributed by atoms with Gasteiger partial charge in [-0.3, -0.25) is 4.79 Å². The number of carboxylic acid groups (broad SMARTS) is 1. The van der Waals surface area contributed by atoms with Crippen LogP contribution in [0.2, 0.25) is 0 Å². The van der Waals surface area contributed by atoms with Gasteiger partial charge >= 0.3 is 5.97 Å². The van der Waals surface area contributed by atoms with E-state index in [1.807, 2.05) is 0 Å². The lowest BCUT2D eigenvalue weighted by Gasteiger charge is -2.05. The lowest BCUT2D eigenvalue weighted by Crippen LogP contribution is -2.11. The van der Waals surface area contributed by atoms with E-state index in [4.69, 9.17) is 5.11 Å². The molecular weight excluding hydrogens is 290 g/mol. The maximum absolute atomic E-state index is 12.0. The van der Waals surface area contributed by atoms with Crippen molar-refractivity contribution in [1.29, 1.82) is 0 Å². The highest BCUT2D eigenvalue weighted by atomic mass is 32.1. The van der Waals surface area contributed by atoms with E-state index in [0.29, 0.717) is 16.5 Å². The van der Waals surface area contributed by atoms with E-state index in [2.05, 4.69) is 29.1 Å². The highest BCUT2D eigenvalue weighted by Crippen LogP contribution is 2.16. The number of aromatic nitrogens is 2. The van der Waals surface area contributed by atoms with Crippen molar-refractivity contribution < 1.29 is 14.7 Å². The van der Waals surface area contributed by atoms with Gasteiger partial charge in [0.1, 0.15) is 5.82 Å². The summed E-state index contributed by atoms with van der Waals surface area (Å²) in [4.78, 5) is 31.4. The molecule has 21 heavy (non-hydrogen) atoms. The SMILES string of the molecule is CC(C)Cc1ncc(NC(=O)c2cc(C(=O)O)cs2)cn1. The van der Waals surface area contributed by atoms with E-state index in [1.54, 1.807) is 12.4 Å². The number of carbonyl (C=O) groups excluding carboxylic acids is 1. The van der Waals surface area contributed by atoms with Gasteiger partial charge in [-0.2, -0.15) is 0 Å². The van der Waals surface area contributed by atoms with Crippen LogP contribution in [-0.2, 0) is 6.42 Å². The first kappa shape index (κ1) is 15.1. The van der Waals surface area contributed by atoms with Gasteiger partial charge in [0.15, 0.2) is 0 Å². The summed E-state index contributed by atoms with van der Waals surface area (Å²) < 4.78 is 0. The first-order chi connectivity index (χ1) is 9.95. The molecule has 0 bridgehead atoms. The van der Waals surface area contributed by atoms with Gasteiger partial charge in [-0.1, -0.05) is 13.8 Å². The van der Waals surface area contributed by atoms with Crippen molar-refractivity contribution in [3.05, 3.63) is 40.1 Å². The Labute approximate surface area is 125 Å². The molecule has 2 heterocycles. The molecular formula is C14H15N3O3S. The number of nitrogens with zero attached hydrogens (tertiary/aromatic N) is 2. The van der Waals surface area contributed by atoms with Gasteiger partial charge in [-0.25, -0.2) is 14.8 Å². The molecule has 0 aliphatic carbocycles. The molecule has 2 N–H and O–H groups in total. The average Bonchev–Trinajstić information content (AvgIpc) is 2.90. The first-order valence-corrected chi connectivity index (χ1v) is 7.27. The Morgan fingerprint density at radius 3 is 2.52 bits per heavy atom. The van der Waals surface area contributed by atoms with Crippen molar-refractivity contribution in [1.82, 2.24) is 9.97 Å². The maximum atomic E-state index is 12.0. The van der Waals surface area contributed by atoms with Crippen LogP contribution in [0.4, 0.5) is 5.69 Å². The van der Waals surface area contributed by atoms with Gasteiger partial charge in [0.05, 0.1) is 28.5 Å². The van der Waals surface area contributed by atoms with Gasteiger partial charge in [0.2, 0.25) is 0 Å². The Morgan fingerprint density at radius 2 is 2.00 bits per heavy atom. The number of hydrogen-bond donors (Lipinski definition) is 2. The maximum Gasteiger partial charge on any atom is 0.336 e. The molecule has 2 aromatic heterocycles. The number of nitrogens with one attached hydrogen (secondary N) is 1. The molecule has 0 fully saturated rings. The van der Waals surface area contributed by atoms with E-state index in [-0.39, 0.29) is 11.5 Å². The fourth-order valence-electron chi connectivity index (χ4n) is 1.65. The van der Waals surface area contributed by atoms with Crippen LogP contribution in [-0.4, -0.2) is 27.0 Å². The summed E-state index contributed by atoms with van der Waals surface area (Å²) in [5.41, 5.74) is 0.589. The van der Waals surface area contributed by atoms with Crippen LogP contribution in [0.15, 0.2) is 23.8 Å². The van der Waals surface area contributed by atoms with E-state index in [0.717, 1.165) is 23.6 Å². The molecule has 0 radical (unpaired) electrons. The second-order valence-corrected chi connectivity index (χ2v) is 5.86. The van der Waals surface area contributed by atoms with E-state index in [1.165, 1.54) is 11.4 Å². The minimum Gasteiger partial charge on any atom is -0.478 e. The number of aromatic carboxylic acids is 1. The van der Waals surface area contributed by atoms with Crippen molar-refractivity contribution in [2.45, 2.75) is 20.3 Å². The number of carboxylic acids is 1. The molecule has 0 atom stereocenters. The van der Waals surface area contributed by atoms with Gasteiger partial charge in [-0.05, 0) is 12.0 Å². The van der Waals surface area contributed by atoms with Crippen LogP contribution in [0.3, 0.4) is 0 Å². The van der Waals surface area contributed by atoms with Crippen molar-refractivity contribution in [2.24, 2.45) is 5.92 Å². The Bertz CT molecular complexity index is 650. The van der Waals surface area contributed by atoms with Crippen LogP contribution in [0.5, 0.6) is 0 Å². The largest absolute Gasteiger partial charge is 0.478 e. The second-order valence-electron chi connectivity index (χ2n) is 4.94. The molecule has 110 valence electrons. The van der Waals surface area contributed by atoms with Gasteiger partial charge < -0.3 is 10.4 Å². The number of thiophene rings is 1. The average molecular weight is 305 g/mol. The molecule has 0 aliphatic rings. The fraction of sp³-hybridized carbons (Fsp3) is 0.286. The number of carbonyl (C=O) groups is 2. The van der Waals surface area contributed by atoms with Crippen LogP contribution < -0.4 is 5.32 Å². The first-order valence-electron chi connectivity index (χ1n) is 6.40. The zero-order valence-corrected chi connectivity index (χ0v) is 12.5. The minimum atomic E-state index is -1.05. The van der Waals surface area contributed by atoms with Gasteiger partial charge in [-0.15, -0.1) is 11.3 Å². The lowest BCUT2D eigenvalue weighted by molar-refractivity contribution is 0.0697. The minimum absolute atomic E-state index is 0.105. The summed E-state index contributed by atoms with van der Waals surface area (Å²) in [7, 11) is 0. The highest BCUT2D eigenvalue weighted by molar-refractivity contribution is 7.12. The molecule has 0 aromatic carbocycles. The number of hydrogen-bond acceptors (Lipinski definition) is 5. The van der Waals surface area contributed by atoms with E-state index < -0.39 is 5.97 Å². The molecule has 0 spiro atoms. The number of amides is 1. The van der Waals surface area contributed by atoms with Crippen LogP contribution in [0.25, 0.3) is 0 Å². The predicted molar refractivity (Wildman–Crippen MR) is 79.8 cm³/mol. The normalized spacial score (nSPS) is 10.6. The fourth-order valence-corrected chi connectivity index (χ4v) is 2.43. The Balaban J connectivity index is 2.03. The summed E-state index contributed by atoms with van der Waals surface area (Å²) in [5, 5.41) is 12.9. The van der Waals surface area contributed by atoms with E-state index in [9.17, 15) is 9.59 Å². The molecule has 2 rings (SSSR count). The van der Waals surface area contributed by atoms with Crippen LogP contribution in [0.1, 0.15) is 39.7 Å². The van der Waals surface area contributed by atoms with Gasteiger partial charge in [0.25, 0.3) is 5.91 Å². The van der Waals surface area contributed by atoms with Crippen molar-refractivity contribution in [3.8, 4) is 0 Å². The lowest BCUT2D eigenvalue weighted by atomic mass is 10.1. The number of anilines is 1. The zero-order valence-electron chi connectivity index (χ0n) is 11.7. The number of rotatable bonds is 5. The smallest absolute Gasteiger partial charge is 0.336 e. The third-order valence-corrected chi connectivity index (χ3v) is 3.55. The Hall–Kier alpha value is -2.28. The predicted octanol–water partition coefficient (Wildman–Crippen LogP) is 2.69. The summed E-state index contributed by atoms with van der Waals surface area (Å²) in [6.07, 6.45) is 3.88. The zero-order chi connectivity index (χ0) is 15.4. The molecule has 6 nitrogen and oxygen atoms in total. The Kier molecular flexibility index (Phi) is 4.64. The summed E-state index contributed by atoms with van der Waals surface area (Å²) in [6, 6.07) is 1.34. The summed E-state index contributed by atoms with van der Waals surface area (Å²) in [5.74, 6) is -0.224. The highest BCUT2D eigenvalue weighted by Gasteiger charge is 2.13. The van der Waals surface area contributed by atoms with Crippen molar-refractivity contribution >= 4 is 28.9 Å². The standard InChI is InChI=1S/C14H15N3O3S/c1-8(2)3-12-15-5-10(6-16-12)17-13(18)11-4-9(7-21-11)14(19)20/h4-8H,3H2,1-2H3,(H,17,18)(H,19,20). The quantitative estimate of drug-likeness (QED) is 0.886. The molecule has 1 amide bonds. The Morgan fingerprint density at radius 1 is 1.33 bits per heavy atom. The molecule has 0 unspecified atom stereocenters. The molecule has 0 saturated heterocycles. The van der Waals surface area contributed by atoms with Crippen LogP contribution in [0, 0.1) is 5.92 Å². The molecule has 7 heteroatoms. The third kappa shape index (κ3) is 4.09. The summed E-state index contributed by atoms with van der Waals surface area (Å²) >= 11 is 1.08. The van der Waals surface area contributed by atoms with Crippen molar-refractivity contribution in [2.75, 3.05) is 5.32 Å². The second kappa shape index (κ2) is 6.45. The monoisotopic (exact) mass is 305 g/mol. The van der Waals surface area contributed by atoms with E-state index >= 15 is 0 Å². The molecule has 0 saturated carbocycles. The van der Waals surface area contributed by atoms with Crippen molar-refractivity contribution in [3.63, 3.8) is 0 Å². The third-order valence-electron chi connectivity index (χ3n) is 2.62. The molecule has 2 aromatic rings.